The van der Waals surface area contributed by atoms with E-state index in [-0.39, 0.29) is 115 Å². The summed E-state index contributed by atoms with van der Waals surface area (Å²) in [6.45, 7) is 24.8. The van der Waals surface area contributed by atoms with Gasteiger partial charge in [0.25, 0.3) is 0 Å². The predicted octanol–water partition coefficient (Wildman–Crippen LogP) is -2.38. The molecule has 0 aromatic carbocycles. The molecule has 25 heteroatoms. The number of nitrogens with one attached hydrogen (secondary N) is 10. The van der Waals surface area contributed by atoms with Gasteiger partial charge in [0.1, 0.15) is 30.2 Å². The number of nitrogens with two attached hydrogens (primary N) is 3. The van der Waals surface area contributed by atoms with Crippen LogP contribution in [0.15, 0.2) is 36.8 Å². The Labute approximate surface area is 450 Å². The van der Waals surface area contributed by atoms with Crippen molar-refractivity contribution in [3.05, 3.63) is 36.8 Å². The van der Waals surface area contributed by atoms with Crippen LogP contribution in [0.5, 0.6) is 0 Å². The highest BCUT2D eigenvalue weighted by molar-refractivity contribution is 5.94. The van der Waals surface area contributed by atoms with Gasteiger partial charge in [0.2, 0.25) is 41.4 Å². The average Bonchev–Trinajstić information content (AvgIpc) is 3.36. The monoisotopic (exact) mass is 1080 g/mol. The second kappa shape index (κ2) is 40.8. The van der Waals surface area contributed by atoms with E-state index in [1.54, 1.807) is 6.92 Å². The lowest BCUT2D eigenvalue weighted by molar-refractivity contribution is -0.133. The first kappa shape index (κ1) is 68.6. The number of hydrogen-bond acceptors (Lipinski definition) is 18. The van der Waals surface area contributed by atoms with Gasteiger partial charge in [-0.15, -0.1) is 0 Å². The molecule has 1 aliphatic rings. The molecular weight excluding hydrogens is 987 g/mol. The van der Waals surface area contributed by atoms with Crippen molar-refractivity contribution in [2.45, 2.75) is 147 Å². The second-order valence-corrected chi connectivity index (χ2v) is 19.0. The molecule has 0 aliphatic carbocycles. The standard InChI is InChI=1S/C51H95N13O12/c1-9-11-45(67)59-41(16-22-56-44(66)17-24-74-26-28-76-30-29-75-27-25-73-23-10-2)48(69)63-42-15-21-55-36(7)46(37(8)65)64-50(71)40(14-20-54)61-47(68)39(13-19-53)62-51(72)43(31-33(3)4)58-34(5)32-57-35(6)38(12-18-52)60-49(42)70/h33,37-43,46,55,57-58,65H,5-7,9-32,52-54H2,1-4,8H3,(H,56,66)(H,59,67)(H,60,70)(H,61,68)(H,62,72)(H,63,69)(H,64,71)/t37?,38?,39?,40?,41?,42-,43?,46?/m0/s1. The van der Waals surface area contributed by atoms with Crippen LogP contribution in [0.3, 0.4) is 0 Å². The van der Waals surface area contributed by atoms with E-state index in [0.29, 0.717) is 63.9 Å². The lowest BCUT2D eigenvalue weighted by Gasteiger charge is -2.29. The molecule has 1 heterocycles. The van der Waals surface area contributed by atoms with Gasteiger partial charge in [-0.3, -0.25) is 33.6 Å². The van der Waals surface area contributed by atoms with Crippen LogP contribution < -0.4 is 70.4 Å². The first-order valence-corrected chi connectivity index (χ1v) is 26.8. The summed E-state index contributed by atoms with van der Waals surface area (Å²) >= 11 is 0. The number of rotatable bonds is 31. The quantitative estimate of drug-likeness (QED) is 0.0323. The number of carbonyl (C=O) groups is 7. The highest BCUT2D eigenvalue weighted by Gasteiger charge is 2.33. The van der Waals surface area contributed by atoms with E-state index in [1.807, 2.05) is 20.8 Å². The third-order valence-corrected chi connectivity index (χ3v) is 11.7. The minimum Gasteiger partial charge on any atom is -0.391 e. The molecule has 8 atom stereocenters. The van der Waals surface area contributed by atoms with Crippen LogP contribution in [-0.2, 0) is 52.5 Å². The Kier molecular flexibility index (Phi) is 36.8. The summed E-state index contributed by atoms with van der Waals surface area (Å²) in [6, 6.07) is -7.51. The van der Waals surface area contributed by atoms with Gasteiger partial charge in [-0.1, -0.05) is 47.4 Å². The van der Waals surface area contributed by atoms with Crippen LogP contribution in [0.1, 0.15) is 98.8 Å². The fourth-order valence-corrected chi connectivity index (χ4v) is 7.59. The summed E-state index contributed by atoms with van der Waals surface area (Å²) in [5.41, 5.74) is 18.6. The molecule has 1 aliphatic heterocycles. The van der Waals surface area contributed by atoms with Crippen molar-refractivity contribution in [2.24, 2.45) is 23.1 Å². The molecule has 25 nitrogen and oxygen atoms in total. The molecule has 0 radical (unpaired) electrons. The molecule has 0 aromatic rings. The van der Waals surface area contributed by atoms with E-state index >= 15 is 0 Å². The first-order valence-electron chi connectivity index (χ1n) is 26.8. The lowest BCUT2D eigenvalue weighted by Crippen LogP contribution is -2.58. The highest BCUT2D eigenvalue weighted by Crippen LogP contribution is 2.11. The Morgan fingerprint density at radius 1 is 0.645 bits per heavy atom. The number of ether oxygens (including phenoxy) is 4. The van der Waals surface area contributed by atoms with Crippen molar-refractivity contribution >= 4 is 41.4 Å². The molecule has 7 amide bonds. The van der Waals surface area contributed by atoms with Gasteiger partial charge >= 0.3 is 0 Å². The summed E-state index contributed by atoms with van der Waals surface area (Å²) in [7, 11) is 0. The maximum atomic E-state index is 14.3. The minimum absolute atomic E-state index is 0.00216. The van der Waals surface area contributed by atoms with Gasteiger partial charge < -0.3 is 94.4 Å². The van der Waals surface area contributed by atoms with E-state index < -0.39 is 83.8 Å². The van der Waals surface area contributed by atoms with E-state index in [9.17, 15) is 38.7 Å². The van der Waals surface area contributed by atoms with Crippen LogP contribution >= 0.6 is 0 Å². The number of aliphatic hydroxyl groups excluding tert-OH is 1. The number of amides is 7. The normalized spacial score (nSPS) is 21.6. The Balaban J connectivity index is 3.38. The number of carbonyl (C=O) groups excluding carboxylic acids is 7. The smallest absolute Gasteiger partial charge is 0.243 e. The summed E-state index contributed by atoms with van der Waals surface area (Å²) in [5, 5.41) is 39.5. The minimum atomic E-state index is -1.27. The van der Waals surface area contributed by atoms with Crippen LogP contribution in [0, 0.1) is 5.92 Å². The van der Waals surface area contributed by atoms with Crippen molar-refractivity contribution in [1.82, 2.24) is 53.2 Å². The largest absolute Gasteiger partial charge is 0.391 e. The molecule has 0 saturated carbocycles. The van der Waals surface area contributed by atoms with Gasteiger partial charge in [-0.05, 0) is 83.8 Å². The molecule has 436 valence electrons. The van der Waals surface area contributed by atoms with E-state index in [2.05, 4.69) is 72.9 Å². The van der Waals surface area contributed by atoms with Gasteiger partial charge in [-0.25, -0.2) is 0 Å². The Morgan fingerprint density at radius 2 is 1.17 bits per heavy atom. The maximum Gasteiger partial charge on any atom is 0.243 e. The zero-order valence-electron chi connectivity index (χ0n) is 46.0. The Morgan fingerprint density at radius 3 is 1.71 bits per heavy atom. The zero-order chi connectivity index (χ0) is 56.8. The summed E-state index contributed by atoms with van der Waals surface area (Å²) in [6.07, 6.45) is 0.871. The van der Waals surface area contributed by atoms with Gasteiger partial charge in [-0.2, -0.15) is 0 Å². The van der Waals surface area contributed by atoms with Crippen molar-refractivity contribution in [3.63, 3.8) is 0 Å². The van der Waals surface area contributed by atoms with Crippen LogP contribution in [0.25, 0.3) is 0 Å². The summed E-state index contributed by atoms with van der Waals surface area (Å²) < 4.78 is 21.8. The molecule has 1 fully saturated rings. The second-order valence-electron chi connectivity index (χ2n) is 19.0. The highest BCUT2D eigenvalue weighted by atomic mass is 16.6. The molecule has 0 bridgehead atoms. The fourth-order valence-electron chi connectivity index (χ4n) is 7.59. The van der Waals surface area contributed by atoms with Crippen LogP contribution in [0.2, 0.25) is 0 Å². The van der Waals surface area contributed by atoms with E-state index in [1.165, 1.54) is 6.92 Å². The molecule has 0 aromatic heterocycles. The predicted molar refractivity (Wildman–Crippen MR) is 289 cm³/mol. The number of hydrogen-bond donors (Lipinski definition) is 14. The summed E-state index contributed by atoms with van der Waals surface area (Å²) in [4.78, 5) is 95.5. The Hall–Kier alpha value is -5.41. The molecule has 1 rings (SSSR count). The first-order chi connectivity index (χ1) is 36.3. The van der Waals surface area contributed by atoms with E-state index in [4.69, 9.17) is 36.1 Å². The molecule has 17 N–H and O–H groups in total. The Bertz CT molecular complexity index is 1790. The van der Waals surface area contributed by atoms with Crippen LogP contribution in [0.4, 0.5) is 0 Å². The zero-order valence-corrected chi connectivity index (χ0v) is 46.0. The molecule has 7 unspecified atom stereocenters. The third kappa shape index (κ3) is 29.8. The molecule has 76 heavy (non-hydrogen) atoms. The van der Waals surface area contributed by atoms with Gasteiger partial charge in [0.05, 0.1) is 71.0 Å². The topological polar surface area (TPSA) is 375 Å². The molecule has 0 spiro atoms. The van der Waals surface area contributed by atoms with Crippen LogP contribution in [-0.4, -0.2) is 187 Å². The fraction of sp³-hybridized carbons (Fsp3) is 0.745. The van der Waals surface area contributed by atoms with Gasteiger partial charge in [0, 0.05) is 49.6 Å². The number of aliphatic hydroxyl groups is 1. The molecule has 1 saturated heterocycles. The lowest BCUT2D eigenvalue weighted by atomic mass is 10.0. The summed E-state index contributed by atoms with van der Waals surface area (Å²) in [5.74, 6) is -3.97. The van der Waals surface area contributed by atoms with Crippen molar-refractivity contribution in [2.75, 3.05) is 92.1 Å². The van der Waals surface area contributed by atoms with Crippen molar-refractivity contribution in [1.29, 1.82) is 0 Å². The maximum absolute atomic E-state index is 14.3. The van der Waals surface area contributed by atoms with E-state index in [0.717, 1.165) is 6.42 Å². The van der Waals surface area contributed by atoms with Crippen molar-refractivity contribution in [3.8, 4) is 0 Å². The third-order valence-electron chi connectivity index (χ3n) is 11.7. The van der Waals surface area contributed by atoms with Crippen molar-refractivity contribution < 1.29 is 57.6 Å². The average molecular weight is 1080 g/mol. The SMILES string of the molecule is C=C1CNC(=C)C(CCN)NC(=O)[C@@H](NC(=O)C(CCNC(=O)CCOCCOCCOCCOCCC)NC(=O)CCC)CCNC(=C)C(C(C)O)NC(=O)C(CCN)NC(=O)C(CCN)NC(=O)C(CC(C)C)N1. The molecular formula is C51H95N13O12. The van der Waals surface area contributed by atoms with Gasteiger partial charge in [0.15, 0.2) is 0 Å².